The molecule has 0 radical (unpaired) electrons. The Bertz CT molecular complexity index is 1230. The second-order valence-corrected chi connectivity index (χ2v) is 7.44. The van der Waals surface area contributed by atoms with E-state index in [0.29, 0.717) is 39.3 Å². The van der Waals surface area contributed by atoms with Crippen molar-refractivity contribution in [3.8, 4) is 29.1 Å². The fourth-order valence-electron chi connectivity index (χ4n) is 3.09. The van der Waals surface area contributed by atoms with Crippen LogP contribution >= 0.6 is 11.6 Å². The lowest BCUT2D eigenvalue weighted by Gasteiger charge is -2.14. The van der Waals surface area contributed by atoms with Crippen molar-refractivity contribution in [3.05, 3.63) is 82.4 Å². The molecule has 8 heteroatoms. The van der Waals surface area contributed by atoms with E-state index in [1.165, 1.54) is 13.2 Å². The molecule has 174 valence electrons. The van der Waals surface area contributed by atoms with Crippen molar-refractivity contribution in [3.63, 3.8) is 0 Å². The van der Waals surface area contributed by atoms with Crippen LogP contribution in [0.2, 0.25) is 5.02 Å². The molecule has 0 bridgehead atoms. The molecule has 7 nitrogen and oxygen atoms in total. The van der Waals surface area contributed by atoms with Crippen LogP contribution in [-0.4, -0.2) is 27.2 Å². The first-order valence-corrected chi connectivity index (χ1v) is 10.6. The Labute approximate surface area is 203 Å². The van der Waals surface area contributed by atoms with E-state index in [2.05, 4.69) is 5.32 Å². The predicted octanol–water partition coefficient (Wildman–Crippen LogP) is 5.49. The molecule has 0 heterocycles. The van der Waals surface area contributed by atoms with E-state index in [-0.39, 0.29) is 12.2 Å². The van der Waals surface area contributed by atoms with Crippen LogP contribution in [0.25, 0.3) is 6.08 Å². The summed E-state index contributed by atoms with van der Waals surface area (Å²) < 4.78 is 22.1. The van der Waals surface area contributed by atoms with Crippen LogP contribution in [0.15, 0.2) is 66.2 Å². The van der Waals surface area contributed by atoms with Gasteiger partial charge in [0.15, 0.2) is 11.5 Å². The molecule has 0 spiro atoms. The first-order valence-electron chi connectivity index (χ1n) is 10.2. The van der Waals surface area contributed by atoms with Gasteiger partial charge < -0.3 is 24.3 Å². The van der Waals surface area contributed by atoms with Crippen molar-refractivity contribution < 1.29 is 23.7 Å². The van der Waals surface area contributed by atoms with E-state index in [0.717, 1.165) is 5.56 Å². The maximum Gasteiger partial charge on any atom is 0.266 e. The zero-order valence-corrected chi connectivity index (χ0v) is 19.7. The molecule has 0 aliphatic heterocycles. The highest BCUT2D eigenvalue weighted by Gasteiger charge is 2.13. The quantitative estimate of drug-likeness (QED) is 0.323. The first-order chi connectivity index (χ1) is 16.5. The zero-order valence-electron chi connectivity index (χ0n) is 18.9. The number of amides is 1. The molecule has 0 saturated carbocycles. The fourth-order valence-corrected chi connectivity index (χ4v) is 3.22. The molecule has 1 amide bonds. The van der Waals surface area contributed by atoms with Gasteiger partial charge in [0.1, 0.15) is 29.7 Å². The number of nitriles is 1. The Morgan fingerprint density at radius 2 is 1.65 bits per heavy atom. The number of carbonyl (C=O) groups is 1. The first kappa shape index (κ1) is 24.5. The highest BCUT2D eigenvalue weighted by Crippen LogP contribution is 2.31. The summed E-state index contributed by atoms with van der Waals surface area (Å²) in [5.74, 6) is 1.77. The van der Waals surface area contributed by atoms with Crippen LogP contribution in [0.3, 0.4) is 0 Å². The van der Waals surface area contributed by atoms with Crippen molar-refractivity contribution >= 4 is 29.3 Å². The van der Waals surface area contributed by atoms with Gasteiger partial charge in [-0.25, -0.2) is 0 Å². The standard InChI is InChI=1S/C26H23ClN2O5/c1-31-22-9-11-23(32-2)19(14-22)16-34-24-10-4-17(13-25(24)33-3)12-18(15-28)26(30)29-21-7-5-20(27)6-8-21/h4-14H,16H2,1-3H3,(H,29,30)/b18-12+. The Hall–Kier alpha value is -4.15. The molecule has 0 aromatic heterocycles. The van der Waals surface area contributed by atoms with Gasteiger partial charge >= 0.3 is 0 Å². The molecule has 1 N–H and O–H groups in total. The van der Waals surface area contributed by atoms with Crippen LogP contribution in [0, 0.1) is 11.3 Å². The zero-order chi connectivity index (χ0) is 24.5. The molecule has 0 fully saturated rings. The lowest BCUT2D eigenvalue weighted by atomic mass is 10.1. The summed E-state index contributed by atoms with van der Waals surface area (Å²) in [6, 6.07) is 19.1. The molecule has 3 rings (SSSR count). The number of hydrogen-bond acceptors (Lipinski definition) is 6. The molecule has 3 aromatic rings. The summed E-state index contributed by atoms with van der Waals surface area (Å²) in [4.78, 5) is 12.5. The minimum Gasteiger partial charge on any atom is -0.497 e. The number of anilines is 1. The van der Waals surface area contributed by atoms with Gasteiger partial charge in [-0.05, 0) is 66.2 Å². The molecular weight excluding hydrogens is 456 g/mol. The van der Waals surface area contributed by atoms with Crippen molar-refractivity contribution in [2.24, 2.45) is 0 Å². The van der Waals surface area contributed by atoms with Gasteiger partial charge in [0, 0.05) is 16.3 Å². The number of nitrogens with zero attached hydrogens (tertiary/aromatic N) is 1. The normalized spacial score (nSPS) is 10.7. The SMILES string of the molecule is COc1ccc(OC)c(COc2ccc(/C=C(\C#N)C(=O)Nc3ccc(Cl)cc3)cc2OC)c1. The Balaban J connectivity index is 1.77. The van der Waals surface area contributed by atoms with Crippen molar-refractivity contribution in [1.29, 1.82) is 5.26 Å². The lowest BCUT2D eigenvalue weighted by Crippen LogP contribution is -2.13. The van der Waals surface area contributed by atoms with Crippen LogP contribution in [0.5, 0.6) is 23.0 Å². The minimum absolute atomic E-state index is 0.0632. The molecule has 0 aliphatic rings. The van der Waals surface area contributed by atoms with Gasteiger partial charge in [-0.3, -0.25) is 4.79 Å². The number of methoxy groups -OCH3 is 3. The number of halogens is 1. The number of nitrogens with one attached hydrogen (secondary N) is 1. The number of ether oxygens (including phenoxy) is 4. The van der Waals surface area contributed by atoms with Crippen molar-refractivity contribution in [2.45, 2.75) is 6.61 Å². The molecule has 0 unspecified atom stereocenters. The fraction of sp³-hybridized carbons (Fsp3) is 0.154. The second kappa shape index (κ2) is 11.6. The van der Waals surface area contributed by atoms with Crippen molar-refractivity contribution in [2.75, 3.05) is 26.6 Å². The molecular formula is C26H23ClN2O5. The van der Waals surface area contributed by atoms with Crippen LogP contribution in [-0.2, 0) is 11.4 Å². The number of benzene rings is 3. The van der Waals surface area contributed by atoms with Crippen molar-refractivity contribution in [1.82, 2.24) is 0 Å². The third-order valence-corrected chi connectivity index (χ3v) is 5.09. The Kier molecular flexibility index (Phi) is 8.38. The summed E-state index contributed by atoms with van der Waals surface area (Å²) in [5.41, 5.74) is 1.88. The van der Waals surface area contributed by atoms with E-state index >= 15 is 0 Å². The maximum absolute atomic E-state index is 12.5. The number of rotatable bonds is 9. The van der Waals surface area contributed by atoms with E-state index in [4.69, 9.17) is 30.5 Å². The smallest absolute Gasteiger partial charge is 0.266 e. The van der Waals surface area contributed by atoms with Gasteiger partial charge in [-0.2, -0.15) is 5.26 Å². The maximum atomic E-state index is 12.5. The Morgan fingerprint density at radius 1 is 0.941 bits per heavy atom. The van der Waals surface area contributed by atoms with Crippen LogP contribution in [0.1, 0.15) is 11.1 Å². The van der Waals surface area contributed by atoms with E-state index in [9.17, 15) is 10.1 Å². The average molecular weight is 479 g/mol. The summed E-state index contributed by atoms with van der Waals surface area (Å²) in [7, 11) is 4.69. The monoisotopic (exact) mass is 478 g/mol. The second-order valence-electron chi connectivity index (χ2n) is 7.01. The van der Waals surface area contributed by atoms with Gasteiger partial charge in [-0.15, -0.1) is 0 Å². The highest BCUT2D eigenvalue weighted by molar-refractivity contribution is 6.30. The predicted molar refractivity (Wildman–Crippen MR) is 131 cm³/mol. The Morgan fingerprint density at radius 3 is 2.29 bits per heavy atom. The van der Waals surface area contributed by atoms with Gasteiger partial charge in [0.2, 0.25) is 0 Å². The van der Waals surface area contributed by atoms with E-state index in [1.807, 2.05) is 12.1 Å². The molecule has 3 aromatic carbocycles. The summed E-state index contributed by atoms with van der Waals surface area (Å²) in [6.45, 7) is 0.221. The van der Waals surface area contributed by atoms with Crippen LogP contribution in [0.4, 0.5) is 5.69 Å². The molecule has 0 aliphatic carbocycles. The average Bonchev–Trinajstić information content (AvgIpc) is 2.87. The summed E-state index contributed by atoms with van der Waals surface area (Å²) >= 11 is 5.86. The molecule has 34 heavy (non-hydrogen) atoms. The van der Waals surface area contributed by atoms with Crippen LogP contribution < -0.4 is 24.3 Å². The molecule has 0 saturated heterocycles. The third kappa shape index (κ3) is 6.21. The minimum atomic E-state index is -0.533. The largest absolute Gasteiger partial charge is 0.497 e. The topological polar surface area (TPSA) is 89.8 Å². The number of hydrogen-bond donors (Lipinski definition) is 1. The summed E-state index contributed by atoms with van der Waals surface area (Å²) in [6.07, 6.45) is 1.47. The highest BCUT2D eigenvalue weighted by atomic mass is 35.5. The van der Waals surface area contributed by atoms with E-state index in [1.54, 1.807) is 68.8 Å². The summed E-state index contributed by atoms with van der Waals surface area (Å²) in [5, 5.41) is 12.7. The lowest BCUT2D eigenvalue weighted by molar-refractivity contribution is -0.112. The van der Waals surface area contributed by atoms with Gasteiger partial charge in [0.25, 0.3) is 5.91 Å². The third-order valence-electron chi connectivity index (χ3n) is 4.84. The van der Waals surface area contributed by atoms with Gasteiger partial charge in [0.05, 0.1) is 21.3 Å². The van der Waals surface area contributed by atoms with E-state index < -0.39 is 5.91 Å². The molecule has 0 atom stereocenters. The van der Waals surface area contributed by atoms with Gasteiger partial charge in [-0.1, -0.05) is 17.7 Å². The number of carbonyl (C=O) groups excluding carboxylic acids is 1.